The zero-order valence-corrected chi connectivity index (χ0v) is 17.3. The summed E-state index contributed by atoms with van der Waals surface area (Å²) in [6.07, 6.45) is 4.63. The van der Waals surface area contributed by atoms with E-state index < -0.39 is 5.41 Å². The summed E-state index contributed by atoms with van der Waals surface area (Å²) in [6.45, 7) is 1.09. The second-order valence-corrected chi connectivity index (χ2v) is 8.27. The van der Waals surface area contributed by atoms with E-state index in [1.54, 1.807) is 0 Å². The molecule has 0 aromatic heterocycles. The van der Waals surface area contributed by atoms with E-state index in [1.807, 2.05) is 60.7 Å². The smallest absolute Gasteiger partial charge is 0.316 e. The van der Waals surface area contributed by atoms with Crippen molar-refractivity contribution in [2.45, 2.75) is 51.4 Å². The number of hydrogen-bond acceptors (Lipinski definition) is 5. The zero-order valence-electron chi connectivity index (χ0n) is 17.3. The normalized spacial score (nSPS) is 25.2. The highest BCUT2D eigenvalue weighted by atomic mass is 16.7. The Balaban J connectivity index is 1.26. The summed E-state index contributed by atoms with van der Waals surface area (Å²) in [5.41, 5.74) is 1.61. The predicted octanol–water partition coefficient (Wildman–Crippen LogP) is 4.84. The van der Waals surface area contributed by atoms with Crippen molar-refractivity contribution in [1.82, 2.24) is 0 Å². The third kappa shape index (κ3) is 4.91. The highest BCUT2D eigenvalue weighted by Gasteiger charge is 2.57. The van der Waals surface area contributed by atoms with Crippen LogP contribution in [0.15, 0.2) is 60.7 Å². The molecular formula is C25H30O5. The molecule has 3 atom stereocenters. The van der Waals surface area contributed by atoms with Crippen LogP contribution in [0, 0.1) is 11.3 Å². The minimum atomic E-state index is -0.560. The molecule has 2 fully saturated rings. The van der Waals surface area contributed by atoms with Gasteiger partial charge in [-0.2, -0.15) is 0 Å². The fourth-order valence-electron chi connectivity index (χ4n) is 4.87. The lowest BCUT2D eigenvalue weighted by Gasteiger charge is -2.38. The number of ether oxygens (including phenoxy) is 4. The van der Waals surface area contributed by atoms with Crippen molar-refractivity contribution in [2.75, 3.05) is 13.6 Å². The first-order valence-corrected chi connectivity index (χ1v) is 10.8. The van der Waals surface area contributed by atoms with Gasteiger partial charge in [0.15, 0.2) is 6.79 Å². The molecule has 0 N–H and O–H groups in total. The third-order valence-corrected chi connectivity index (χ3v) is 6.37. The van der Waals surface area contributed by atoms with Crippen molar-refractivity contribution in [2.24, 2.45) is 11.3 Å². The van der Waals surface area contributed by atoms with Gasteiger partial charge in [0.05, 0.1) is 24.7 Å². The highest BCUT2D eigenvalue weighted by Crippen LogP contribution is 2.53. The van der Waals surface area contributed by atoms with Crippen molar-refractivity contribution < 1.29 is 23.7 Å². The average Bonchev–Trinajstić information content (AvgIpc) is 2.99. The Morgan fingerprint density at radius 1 is 0.833 bits per heavy atom. The van der Waals surface area contributed by atoms with Crippen LogP contribution in [0.5, 0.6) is 0 Å². The quantitative estimate of drug-likeness (QED) is 0.319. The number of hydrogen-bond donors (Lipinski definition) is 0. The Kier molecular flexibility index (Phi) is 7.16. The van der Waals surface area contributed by atoms with Gasteiger partial charge in [-0.25, -0.2) is 0 Å². The van der Waals surface area contributed by atoms with Crippen molar-refractivity contribution in [3.63, 3.8) is 0 Å². The number of esters is 1. The summed E-state index contributed by atoms with van der Waals surface area (Å²) in [5.74, 6) is 0.211. The van der Waals surface area contributed by atoms with Gasteiger partial charge in [0, 0.05) is 0 Å². The molecule has 0 aliphatic heterocycles. The van der Waals surface area contributed by atoms with Crippen LogP contribution in [0.3, 0.4) is 0 Å². The van der Waals surface area contributed by atoms with Crippen LogP contribution in [0.1, 0.15) is 43.2 Å². The Morgan fingerprint density at radius 2 is 1.47 bits per heavy atom. The standard InChI is InChI=1S/C25H30O5/c26-24(30-19-28-17-21-10-5-2-6-11-21)25-14-7-12-22(13-15-25)23(25)29-18-27-16-20-8-3-1-4-9-20/h1-6,8-11,22-23H,7,12-19H2. The first kappa shape index (κ1) is 21.0. The Bertz CT molecular complexity index is 790. The highest BCUT2D eigenvalue weighted by molar-refractivity contribution is 5.78. The van der Waals surface area contributed by atoms with E-state index in [2.05, 4.69) is 0 Å². The molecule has 5 nitrogen and oxygen atoms in total. The van der Waals surface area contributed by atoms with Crippen LogP contribution >= 0.6 is 0 Å². The number of benzene rings is 2. The second kappa shape index (κ2) is 10.2. The van der Waals surface area contributed by atoms with E-state index >= 15 is 0 Å². The van der Waals surface area contributed by atoms with Crippen molar-refractivity contribution >= 4 is 5.97 Å². The van der Waals surface area contributed by atoms with E-state index in [0.29, 0.717) is 19.1 Å². The lowest BCUT2D eigenvalue weighted by molar-refractivity contribution is -0.193. The minimum Gasteiger partial charge on any atom is -0.438 e. The van der Waals surface area contributed by atoms with Crippen LogP contribution in [0.25, 0.3) is 0 Å². The SMILES string of the molecule is O=C(OCOCc1ccccc1)C12CCCC(CC1)C2OCOCc1ccccc1. The lowest BCUT2D eigenvalue weighted by Crippen LogP contribution is -2.46. The summed E-state index contributed by atoms with van der Waals surface area (Å²) >= 11 is 0. The van der Waals surface area contributed by atoms with E-state index in [0.717, 1.165) is 43.2 Å². The maximum absolute atomic E-state index is 13.0. The molecule has 0 heterocycles. The molecule has 5 heteroatoms. The van der Waals surface area contributed by atoms with Crippen LogP contribution in [0.2, 0.25) is 0 Å². The maximum atomic E-state index is 13.0. The van der Waals surface area contributed by atoms with Crippen LogP contribution in [-0.2, 0) is 37.0 Å². The molecular weight excluding hydrogens is 380 g/mol. The second-order valence-electron chi connectivity index (χ2n) is 8.27. The van der Waals surface area contributed by atoms with E-state index in [1.165, 1.54) is 0 Å². The molecule has 3 unspecified atom stereocenters. The predicted molar refractivity (Wildman–Crippen MR) is 112 cm³/mol. The van der Waals surface area contributed by atoms with Gasteiger partial charge in [-0.15, -0.1) is 0 Å². The lowest BCUT2D eigenvalue weighted by atomic mass is 9.73. The van der Waals surface area contributed by atoms with Gasteiger partial charge < -0.3 is 18.9 Å². The molecule has 0 radical (unpaired) electrons. The average molecular weight is 411 g/mol. The van der Waals surface area contributed by atoms with Crippen molar-refractivity contribution in [3.8, 4) is 0 Å². The number of carbonyl (C=O) groups excluding carboxylic acids is 1. The fourth-order valence-corrected chi connectivity index (χ4v) is 4.87. The summed E-state index contributed by atoms with van der Waals surface area (Å²) in [4.78, 5) is 13.0. The minimum absolute atomic E-state index is 0.0304. The number of carbonyl (C=O) groups is 1. The Labute approximate surface area is 178 Å². The van der Waals surface area contributed by atoms with Crippen molar-refractivity contribution in [1.29, 1.82) is 0 Å². The molecule has 30 heavy (non-hydrogen) atoms. The first-order chi connectivity index (χ1) is 14.8. The Morgan fingerprint density at radius 3 is 2.13 bits per heavy atom. The summed E-state index contributed by atoms with van der Waals surface area (Å²) < 4.78 is 23.0. The van der Waals surface area contributed by atoms with Gasteiger partial charge >= 0.3 is 5.97 Å². The van der Waals surface area contributed by atoms with Gasteiger partial charge in [-0.3, -0.25) is 4.79 Å². The van der Waals surface area contributed by atoms with Gasteiger partial charge in [-0.1, -0.05) is 67.1 Å². The van der Waals surface area contributed by atoms with Crippen molar-refractivity contribution in [3.05, 3.63) is 71.8 Å². The Hall–Kier alpha value is -2.21. The van der Waals surface area contributed by atoms with Crippen LogP contribution < -0.4 is 0 Å². The van der Waals surface area contributed by atoms with Gasteiger partial charge in [0.1, 0.15) is 6.79 Å². The number of fused-ring (bicyclic) bond motifs is 2. The molecule has 2 bridgehead atoms. The first-order valence-electron chi connectivity index (χ1n) is 10.8. The monoisotopic (exact) mass is 410 g/mol. The molecule has 160 valence electrons. The van der Waals surface area contributed by atoms with Gasteiger partial charge in [-0.05, 0) is 42.7 Å². The zero-order chi connectivity index (χ0) is 20.7. The molecule has 2 saturated carbocycles. The summed E-state index contributed by atoms with van der Waals surface area (Å²) in [5, 5.41) is 0. The largest absolute Gasteiger partial charge is 0.438 e. The molecule has 2 aromatic carbocycles. The molecule has 0 amide bonds. The molecule has 0 saturated heterocycles. The number of rotatable bonds is 10. The molecule has 0 spiro atoms. The van der Waals surface area contributed by atoms with Gasteiger partial charge in [0.2, 0.25) is 0 Å². The molecule has 2 aromatic rings. The van der Waals surface area contributed by atoms with E-state index in [9.17, 15) is 4.79 Å². The molecule has 2 aliphatic carbocycles. The maximum Gasteiger partial charge on any atom is 0.316 e. The van der Waals surface area contributed by atoms with E-state index in [-0.39, 0.29) is 25.7 Å². The third-order valence-electron chi connectivity index (χ3n) is 6.37. The topological polar surface area (TPSA) is 54.0 Å². The van der Waals surface area contributed by atoms with Crippen LogP contribution in [0.4, 0.5) is 0 Å². The van der Waals surface area contributed by atoms with Crippen LogP contribution in [-0.4, -0.2) is 25.7 Å². The van der Waals surface area contributed by atoms with E-state index in [4.69, 9.17) is 18.9 Å². The molecule has 2 aliphatic rings. The fraction of sp³-hybridized carbons (Fsp3) is 0.480. The molecule has 4 rings (SSSR count). The summed E-state index contributed by atoms with van der Waals surface area (Å²) in [6, 6.07) is 19.9. The summed E-state index contributed by atoms with van der Waals surface area (Å²) in [7, 11) is 0. The van der Waals surface area contributed by atoms with Gasteiger partial charge in [0.25, 0.3) is 0 Å².